The number of rotatable bonds is 4. The Morgan fingerprint density at radius 3 is 2.44 bits per heavy atom. The van der Waals surface area contributed by atoms with Crippen LogP contribution in [0, 0.1) is 5.82 Å². The summed E-state index contributed by atoms with van der Waals surface area (Å²) in [6.45, 7) is 2.12. The van der Waals surface area contributed by atoms with Crippen LogP contribution in [0.1, 0.15) is 24.1 Å². The number of halogens is 1. The Hall–Kier alpha value is -1.32. The van der Waals surface area contributed by atoms with Gasteiger partial charge in [0.15, 0.2) is 0 Å². The van der Waals surface area contributed by atoms with E-state index < -0.39 is 0 Å². The fourth-order valence-corrected chi connectivity index (χ4v) is 2.49. The second kappa shape index (κ2) is 6.03. The Labute approximate surface area is 111 Å². The summed E-state index contributed by atoms with van der Waals surface area (Å²) in [7, 11) is 0. The minimum atomic E-state index is -0.277. The first-order valence-electron chi connectivity index (χ1n) is 5.94. The zero-order valence-electron chi connectivity index (χ0n) is 10.3. The van der Waals surface area contributed by atoms with E-state index in [2.05, 4.69) is 19.1 Å². The predicted molar refractivity (Wildman–Crippen MR) is 75.3 cm³/mol. The molecule has 0 radical (unpaired) electrons. The van der Waals surface area contributed by atoms with E-state index in [1.807, 2.05) is 18.2 Å². The Balaban J connectivity index is 2.20. The van der Waals surface area contributed by atoms with Crippen LogP contribution in [0.25, 0.3) is 0 Å². The molecular formula is C15H16FNS. The fourth-order valence-electron chi connectivity index (χ4n) is 1.83. The van der Waals surface area contributed by atoms with Gasteiger partial charge in [-0.3, -0.25) is 0 Å². The number of hydrogen-bond acceptors (Lipinski definition) is 2. The summed E-state index contributed by atoms with van der Waals surface area (Å²) in [6.07, 6.45) is 0. The molecule has 2 N–H and O–H groups in total. The van der Waals surface area contributed by atoms with E-state index in [4.69, 9.17) is 5.73 Å². The van der Waals surface area contributed by atoms with Crippen LogP contribution in [0.2, 0.25) is 0 Å². The second-order valence-corrected chi connectivity index (χ2v) is 5.37. The van der Waals surface area contributed by atoms with Crippen LogP contribution in [-0.2, 0) is 0 Å². The van der Waals surface area contributed by atoms with Crippen molar-refractivity contribution in [2.75, 3.05) is 5.75 Å². The summed E-state index contributed by atoms with van der Waals surface area (Å²) in [5.41, 5.74) is 7.93. The first kappa shape index (κ1) is 13.1. The van der Waals surface area contributed by atoms with Gasteiger partial charge in [-0.2, -0.15) is 0 Å². The quantitative estimate of drug-likeness (QED) is 0.842. The van der Waals surface area contributed by atoms with Crippen LogP contribution in [0.4, 0.5) is 4.39 Å². The molecule has 0 saturated heterocycles. The van der Waals surface area contributed by atoms with Crippen molar-refractivity contribution in [1.82, 2.24) is 0 Å². The van der Waals surface area contributed by atoms with Gasteiger partial charge in [-0.15, -0.1) is 11.8 Å². The maximum atomic E-state index is 13.1. The van der Waals surface area contributed by atoms with Gasteiger partial charge in [0.25, 0.3) is 0 Å². The van der Waals surface area contributed by atoms with Gasteiger partial charge in [0.1, 0.15) is 5.82 Å². The zero-order chi connectivity index (χ0) is 13.0. The van der Waals surface area contributed by atoms with Gasteiger partial charge in [0.05, 0.1) is 6.04 Å². The number of nitrogens with two attached hydrogens (primary N) is 1. The van der Waals surface area contributed by atoms with Crippen molar-refractivity contribution in [2.24, 2.45) is 5.73 Å². The molecule has 0 fully saturated rings. The summed E-state index contributed by atoms with van der Waals surface area (Å²) in [4.78, 5) is 1.23. The summed E-state index contributed by atoms with van der Waals surface area (Å²) in [5, 5.41) is 0. The molecule has 0 amide bonds. The molecule has 0 bridgehead atoms. The maximum absolute atomic E-state index is 13.1. The first-order valence-corrected chi connectivity index (χ1v) is 6.93. The van der Waals surface area contributed by atoms with Crippen molar-refractivity contribution in [3.63, 3.8) is 0 Å². The van der Waals surface area contributed by atoms with Crippen molar-refractivity contribution >= 4 is 11.8 Å². The van der Waals surface area contributed by atoms with Crippen LogP contribution in [0.15, 0.2) is 53.4 Å². The lowest BCUT2D eigenvalue weighted by Gasteiger charge is -2.13. The van der Waals surface area contributed by atoms with Crippen molar-refractivity contribution in [3.05, 3.63) is 65.5 Å². The van der Waals surface area contributed by atoms with E-state index in [1.165, 1.54) is 17.0 Å². The molecule has 94 valence electrons. The van der Waals surface area contributed by atoms with Crippen LogP contribution in [-0.4, -0.2) is 5.75 Å². The number of thioether (sulfide) groups is 1. The Kier molecular flexibility index (Phi) is 4.39. The van der Waals surface area contributed by atoms with E-state index in [9.17, 15) is 4.39 Å². The third-order valence-electron chi connectivity index (χ3n) is 2.76. The number of hydrogen-bond donors (Lipinski definition) is 1. The summed E-state index contributed by atoms with van der Waals surface area (Å²) >= 11 is 1.79. The summed E-state index contributed by atoms with van der Waals surface area (Å²) in [6, 6.07) is 14.3. The maximum Gasteiger partial charge on any atom is 0.123 e. The average molecular weight is 261 g/mol. The van der Waals surface area contributed by atoms with Crippen molar-refractivity contribution in [2.45, 2.75) is 17.9 Å². The third kappa shape index (κ3) is 3.12. The highest BCUT2D eigenvalue weighted by Gasteiger charge is 2.09. The van der Waals surface area contributed by atoms with Gasteiger partial charge < -0.3 is 5.73 Å². The molecule has 2 aromatic rings. The van der Waals surface area contributed by atoms with Crippen LogP contribution in [0.5, 0.6) is 0 Å². The predicted octanol–water partition coefficient (Wildman–Crippen LogP) is 3.99. The first-order chi connectivity index (χ1) is 8.70. The standard InChI is InChI=1S/C15H16FNS/c1-2-18-14-8-6-11(7-9-14)15(17)12-4-3-5-13(16)10-12/h3-10,15H,2,17H2,1H3. The molecule has 2 aromatic carbocycles. The monoisotopic (exact) mass is 261 g/mol. The van der Waals surface area contributed by atoms with Crippen LogP contribution in [0.3, 0.4) is 0 Å². The zero-order valence-corrected chi connectivity index (χ0v) is 11.1. The lowest BCUT2D eigenvalue weighted by atomic mass is 10.00. The van der Waals surface area contributed by atoms with Crippen LogP contribution >= 0.6 is 11.8 Å². The molecule has 1 nitrogen and oxygen atoms in total. The Morgan fingerprint density at radius 2 is 1.83 bits per heavy atom. The van der Waals surface area contributed by atoms with E-state index in [-0.39, 0.29) is 11.9 Å². The molecule has 0 aromatic heterocycles. The van der Waals surface area contributed by atoms with Crippen molar-refractivity contribution in [3.8, 4) is 0 Å². The Morgan fingerprint density at radius 1 is 1.11 bits per heavy atom. The van der Waals surface area contributed by atoms with Gasteiger partial charge >= 0.3 is 0 Å². The average Bonchev–Trinajstić information content (AvgIpc) is 2.39. The minimum Gasteiger partial charge on any atom is -0.320 e. The molecule has 3 heteroatoms. The molecule has 0 spiro atoms. The molecule has 0 aliphatic carbocycles. The largest absolute Gasteiger partial charge is 0.320 e. The third-order valence-corrected chi connectivity index (χ3v) is 3.65. The fraction of sp³-hybridized carbons (Fsp3) is 0.200. The molecule has 0 aliphatic rings. The highest BCUT2D eigenvalue weighted by Crippen LogP contribution is 2.23. The highest BCUT2D eigenvalue weighted by molar-refractivity contribution is 7.99. The lowest BCUT2D eigenvalue weighted by molar-refractivity contribution is 0.623. The lowest BCUT2D eigenvalue weighted by Crippen LogP contribution is -2.11. The second-order valence-electron chi connectivity index (χ2n) is 4.03. The summed E-state index contributed by atoms with van der Waals surface area (Å²) < 4.78 is 13.1. The molecule has 0 saturated carbocycles. The summed E-state index contributed by atoms with van der Waals surface area (Å²) in [5.74, 6) is 0.802. The molecule has 18 heavy (non-hydrogen) atoms. The smallest absolute Gasteiger partial charge is 0.123 e. The van der Waals surface area contributed by atoms with Crippen LogP contribution < -0.4 is 5.73 Å². The van der Waals surface area contributed by atoms with E-state index in [0.29, 0.717) is 0 Å². The minimum absolute atomic E-state index is 0.249. The van der Waals surface area contributed by atoms with Gasteiger partial charge in [-0.05, 0) is 41.1 Å². The molecular weight excluding hydrogens is 245 g/mol. The topological polar surface area (TPSA) is 26.0 Å². The van der Waals surface area contributed by atoms with E-state index in [1.54, 1.807) is 17.8 Å². The molecule has 0 aliphatic heterocycles. The van der Waals surface area contributed by atoms with Crippen molar-refractivity contribution < 1.29 is 4.39 Å². The molecule has 0 heterocycles. The van der Waals surface area contributed by atoms with E-state index in [0.717, 1.165) is 16.9 Å². The Bertz CT molecular complexity index is 510. The van der Waals surface area contributed by atoms with Gasteiger partial charge in [0.2, 0.25) is 0 Å². The number of benzene rings is 2. The SMILES string of the molecule is CCSc1ccc(C(N)c2cccc(F)c2)cc1. The molecule has 1 unspecified atom stereocenters. The van der Waals surface area contributed by atoms with Gasteiger partial charge in [-0.25, -0.2) is 4.39 Å². The normalized spacial score (nSPS) is 12.4. The molecule has 2 rings (SSSR count). The van der Waals surface area contributed by atoms with Gasteiger partial charge in [-0.1, -0.05) is 31.2 Å². The molecule has 1 atom stereocenters. The highest BCUT2D eigenvalue weighted by atomic mass is 32.2. The van der Waals surface area contributed by atoms with E-state index >= 15 is 0 Å². The van der Waals surface area contributed by atoms with Crippen molar-refractivity contribution in [1.29, 1.82) is 0 Å². The van der Waals surface area contributed by atoms with Gasteiger partial charge in [0, 0.05) is 4.90 Å².